The standard InChI is InChI=1S/C27H30N6O4S/c1-20-9-11-21(12-10-20)26(34)30-24(27(35)29-13-6-15-32-16-14-28-19-32)17-22-18-33(38(36,37)31(2)3)25-8-5-4-7-23(22)25/h4-5,7-12,14,16-19H,6,13,15H2,1-3H3,(H,29,35)(H,30,34). The van der Waals surface area contributed by atoms with Gasteiger partial charge in [0.05, 0.1) is 11.8 Å². The van der Waals surface area contributed by atoms with Crippen LogP contribution in [0.5, 0.6) is 0 Å². The number of aromatic nitrogens is 3. The quantitative estimate of drug-likeness (QED) is 0.240. The zero-order valence-electron chi connectivity index (χ0n) is 21.5. The van der Waals surface area contributed by atoms with Crippen LogP contribution in [0.4, 0.5) is 0 Å². The van der Waals surface area contributed by atoms with E-state index in [2.05, 4.69) is 15.6 Å². The van der Waals surface area contributed by atoms with Crippen molar-refractivity contribution >= 4 is 39.0 Å². The molecule has 2 aromatic carbocycles. The summed E-state index contributed by atoms with van der Waals surface area (Å²) in [5.74, 6) is -0.933. The molecule has 2 heterocycles. The van der Waals surface area contributed by atoms with Gasteiger partial charge in [-0.05, 0) is 37.6 Å². The zero-order chi connectivity index (χ0) is 27.3. The summed E-state index contributed by atoms with van der Waals surface area (Å²) in [4.78, 5) is 30.2. The molecule has 2 amide bonds. The Morgan fingerprint density at radius 1 is 1.08 bits per heavy atom. The minimum absolute atomic E-state index is 0.00311. The van der Waals surface area contributed by atoms with Crippen LogP contribution in [0.25, 0.3) is 17.0 Å². The van der Waals surface area contributed by atoms with Crippen LogP contribution in [-0.4, -0.2) is 58.7 Å². The number of nitrogens with zero attached hydrogens (tertiary/aromatic N) is 4. The van der Waals surface area contributed by atoms with Gasteiger partial charge in [0, 0.05) is 62.3 Å². The van der Waals surface area contributed by atoms with Crippen molar-refractivity contribution in [2.45, 2.75) is 19.9 Å². The monoisotopic (exact) mass is 534 g/mol. The number of nitrogens with one attached hydrogen (secondary N) is 2. The first-order valence-corrected chi connectivity index (χ1v) is 13.4. The largest absolute Gasteiger partial charge is 0.351 e. The van der Waals surface area contributed by atoms with Gasteiger partial charge >= 0.3 is 10.2 Å². The summed E-state index contributed by atoms with van der Waals surface area (Å²) in [5, 5.41) is 6.18. The fourth-order valence-electron chi connectivity index (χ4n) is 3.85. The predicted octanol–water partition coefficient (Wildman–Crippen LogP) is 2.78. The Labute approximate surface area is 221 Å². The first kappa shape index (κ1) is 26.8. The normalized spacial score (nSPS) is 12.2. The van der Waals surface area contributed by atoms with Gasteiger partial charge in [-0.1, -0.05) is 35.9 Å². The Balaban J connectivity index is 1.67. The lowest BCUT2D eigenvalue weighted by molar-refractivity contribution is -0.117. The summed E-state index contributed by atoms with van der Waals surface area (Å²) < 4.78 is 30.1. The number of fused-ring (bicyclic) bond motifs is 1. The van der Waals surface area contributed by atoms with Crippen LogP contribution in [0, 0.1) is 6.92 Å². The van der Waals surface area contributed by atoms with Gasteiger partial charge in [0.2, 0.25) is 0 Å². The zero-order valence-corrected chi connectivity index (χ0v) is 22.3. The molecule has 11 heteroatoms. The Morgan fingerprint density at radius 2 is 1.82 bits per heavy atom. The highest BCUT2D eigenvalue weighted by Gasteiger charge is 2.22. The van der Waals surface area contributed by atoms with E-state index in [-0.39, 0.29) is 5.70 Å². The predicted molar refractivity (Wildman–Crippen MR) is 146 cm³/mol. The van der Waals surface area contributed by atoms with Crippen LogP contribution in [0.1, 0.15) is 27.9 Å². The summed E-state index contributed by atoms with van der Waals surface area (Å²) in [6, 6.07) is 14.0. The smallest absolute Gasteiger partial charge is 0.307 e. The third-order valence-corrected chi connectivity index (χ3v) is 7.69. The van der Waals surface area contributed by atoms with Gasteiger partial charge in [0.15, 0.2) is 0 Å². The minimum atomic E-state index is -3.82. The van der Waals surface area contributed by atoms with Crippen molar-refractivity contribution in [2.75, 3.05) is 20.6 Å². The average molecular weight is 535 g/mol. The molecule has 2 N–H and O–H groups in total. The highest BCUT2D eigenvalue weighted by molar-refractivity contribution is 7.87. The number of aryl methyl sites for hydroxylation is 2. The van der Waals surface area contributed by atoms with Crippen LogP contribution in [-0.2, 0) is 21.5 Å². The van der Waals surface area contributed by atoms with E-state index in [9.17, 15) is 18.0 Å². The maximum atomic E-state index is 13.2. The molecule has 4 rings (SSSR count). The molecule has 0 unspecified atom stereocenters. The van der Waals surface area contributed by atoms with Crippen LogP contribution >= 0.6 is 0 Å². The van der Waals surface area contributed by atoms with Gasteiger partial charge in [0.1, 0.15) is 5.70 Å². The molecule has 0 aliphatic rings. The molecule has 198 valence electrons. The van der Waals surface area contributed by atoms with E-state index in [1.165, 1.54) is 26.4 Å². The van der Waals surface area contributed by atoms with Crippen LogP contribution in [0.15, 0.2) is 79.1 Å². The number of carbonyl (C=O) groups excluding carboxylic acids is 2. The van der Waals surface area contributed by atoms with Crippen molar-refractivity contribution in [3.05, 3.63) is 95.8 Å². The number of carbonyl (C=O) groups is 2. The molecule has 38 heavy (non-hydrogen) atoms. The topological polar surface area (TPSA) is 118 Å². The van der Waals surface area contributed by atoms with Crippen molar-refractivity contribution < 1.29 is 18.0 Å². The van der Waals surface area contributed by atoms with Gasteiger partial charge in [-0.3, -0.25) is 9.59 Å². The molecule has 0 saturated heterocycles. The van der Waals surface area contributed by atoms with Gasteiger partial charge in [-0.25, -0.2) is 8.96 Å². The van der Waals surface area contributed by atoms with Crippen LogP contribution < -0.4 is 10.6 Å². The summed E-state index contributed by atoms with van der Waals surface area (Å²) in [5.41, 5.74) is 2.33. The van der Waals surface area contributed by atoms with Crippen LogP contribution in [0.2, 0.25) is 0 Å². The van der Waals surface area contributed by atoms with Gasteiger partial charge in [-0.15, -0.1) is 0 Å². The van der Waals surface area contributed by atoms with Gasteiger partial charge < -0.3 is 15.2 Å². The van der Waals surface area contributed by atoms with E-state index in [1.54, 1.807) is 48.9 Å². The summed E-state index contributed by atoms with van der Waals surface area (Å²) in [7, 11) is -0.926. The maximum absolute atomic E-state index is 13.2. The van der Waals surface area contributed by atoms with Crippen molar-refractivity contribution in [3.63, 3.8) is 0 Å². The molecule has 0 spiro atoms. The highest BCUT2D eigenvalue weighted by Crippen LogP contribution is 2.25. The molecule has 4 aromatic rings. The molecule has 0 aliphatic carbocycles. The first-order chi connectivity index (χ1) is 18.2. The number of benzene rings is 2. The number of para-hydroxylation sites is 1. The fourth-order valence-corrected chi connectivity index (χ4v) is 4.85. The molecule has 0 aliphatic heterocycles. The third kappa shape index (κ3) is 6.01. The third-order valence-electron chi connectivity index (χ3n) is 5.96. The van der Waals surface area contributed by atoms with Crippen molar-refractivity contribution in [3.8, 4) is 0 Å². The molecule has 0 fully saturated rings. The molecule has 0 saturated carbocycles. The molecule has 2 aromatic heterocycles. The summed E-state index contributed by atoms with van der Waals surface area (Å²) >= 11 is 0. The lowest BCUT2D eigenvalue weighted by atomic mass is 10.1. The Kier molecular flexibility index (Phi) is 8.08. The SMILES string of the molecule is Cc1ccc(C(=O)NC(=Cc2cn(S(=O)(=O)N(C)C)c3ccccc23)C(=O)NCCCn2ccnc2)cc1. The Hall–Kier alpha value is -4.22. The Morgan fingerprint density at radius 3 is 2.50 bits per heavy atom. The van der Waals surface area contributed by atoms with Gasteiger partial charge in [-0.2, -0.15) is 12.7 Å². The maximum Gasteiger partial charge on any atom is 0.307 e. The molecular weight excluding hydrogens is 504 g/mol. The Bertz CT molecular complexity index is 1570. The number of rotatable bonds is 10. The second-order valence-electron chi connectivity index (χ2n) is 8.98. The number of imidazole rings is 1. The van der Waals surface area contributed by atoms with Crippen molar-refractivity contribution in [1.82, 2.24) is 28.5 Å². The van der Waals surface area contributed by atoms with E-state index >= 15 is 0 Å². The molecule has 0 atom stereocenters. The van der Waals surface area contributed by atoms with Crippen molar-refractivity contribution in [2.24, 2.45) is 0 Å². The molecule has 10 nitrogen and oxygen atoms in total. The lowest BCUT2D eigenvalue weighted by Gasteiger charge is -2.13. The molecule has 0 bridgehead atoms. The number of hydrogen-bond donors (Lipinski definition) is 2. The number of hydrogen-bond acceptors (Lipinski definition) is 5. The summed E-state index contributed by atoms with van der Waals surface area (Å²) in [6.45, 7) is 2.96. The average Bonchev–Trinajstić information content (AvgIpc) is 3.55. The van der Waals surface area contributed by atoms with E-state index < -0.39 is 22.0 Å². The summed E-state index contributed by atoms with van der Waals surface area (Å²) in [6.07, 6.45) is 8.83. The van der Waals surface area contributed by atoms with E-state index in [1.807, 2.05) is 29.8 Å². The van der Waals surface area contributed by atoms with E-state index in [0.717, 1.165) is 13.8 Å². The van der Waals surface area contributed by atoms with Crippen LogP contribution in [0.3, 0.4) is 0 Å². The lowest BCUT2D eigenvalue weighted by Crippen LogP contribution is -2.35. The molecular formula is C27H30N6O4S. The fraction of sp³-hybridized carbons (Fsp3) is 0.222. The molecule has 0 radical (unpaired) electrons. The van der Waals surface area contributed by atoms with Crippen molar-refractivity contribution in [1.29, 1.82) is 0 Å². The van der Waals surface area contributed by atoms with Gasteiger partial charge in [0.25, 0.3) is 11.8 Å². The highest BCUT2D eigenvalue weighted by atomic mass is 32.2. The minimum Gasteiger partial charge on any atom is -0.351 e. The van der Waals surface area contributed by atoms with E-state index in [0.29, 0.717) is 41.5 Å². The second-order valence-corrected chi connectivity index (χ2v) is 11.0. The first-order valence-electron chi connectivity index (χ1n) is 12.0. The number of amides is 2. The van der Waals surface area contributed by atoms with E-state index in [4.69, 9.17) is 0 Å². The second kappa shape index (κ2) is 11.4.